The maximum absolute atomic E-state index is 10.6. The zero-order valence-electron chi connectivity index (χ0n) is 7.20. The number of nitrogens with zero attached hydrogens (tertiary/aromatic N) is 2. The number of carbonyl (C=O) groups is 1. The van der Waals surface area contributed by atoms with Gasteiger partial charge < -0.3 is 16.0 Å². The predicted octanol–water partition coefficient (Wildman–Crippen LogP) is -0.571. The minimum Gasteiger partial charge on any atom is -0.368 e. The van der Waals surface area contributed by atoms with Gasteiger partial charge in [-0.05, 0) is 0 Å². The number of primary amides is 1. The average molecular weight is 203 g/mol. The highest BCUT2D eigenvalue weighted by atomic mass is 35.5. The molecule has 0 aliphatic rings. The normalized spacial score (nSPS) is 12.8. The Morgan fingerprint density at radius 1 is 1.85 bits per heavy atom. The zero-order valence-corrected chi connectivity index (χ0v) is 7.95. The number of nitrogens with two attached hydrogens (primary N) is 2. The van der Waals surface area contributed by atoms with Crippen molar-refractivity contribution in [2.24, 2.45) is 18.5 Å². The van der Waals surface area contributed by atoms with Crippen molar-refractivity contribution in [3.63, 3.8) is 0 Å². The zero-order chi connectivity index (χ0) is 10.0. The first-order valence-corrected chi connectivity index (χ1v) is 4.11. The summed E-state index contributed by atoms with van der Waals surface area (Å²) in [6.07, 6.45) is 1.81. The highest BCUT2D eigenvalue weighted by Crippen LogP contribution is 2.09. The second-order valence-electron chi connectivity index (χ2n) is 2.77. The molecular formula is C7H11ClN4O. The van der Waals surface area contributed by atoms with Crippen LogP contribution >= 0.6 is 11.6 Å². The fourth-order valence-electron chi connectivity index (χ4n) is 0.911. The van der Waals surface area contributed by atoms with Crippen molar-refractivity contribution in [3.8, 4) is 0 Å². The van der Waals surface area contributed by atoms with Gasteiger partial charge in [-0.15, -0.1) is 0 Å². The van der Waals surface area contributed by atoms with E-state index in [1.807, 2.05) is 0 Å². The van der Waals surface area contributed by atoms with Gasteiger partial charge in [0, 0.05) is 13.5 Å². The largest absolute Gasteiger partial charge is 0.368 e. The van der Waals surface area contributed by atoms with Crippen molar-refractivity contribution >= 4 is 17.5 Å². The number of carbonyl (C=O) groups excluding carboxylic acids is 1. The average Bonchev–Trinajstić information content (AvgIpc) is 2.36. The van der Waals surface area contributed by atoms with E-state index in [2.05, 4.69) is 4.98 Å². The molecule has 0 spiro atoms. The maximum atomic E-state index is 10.6. The molecule has 1 unspecified atom stereocenters. The molecular weight excluding hydrogens is 192 g/mol. The van der Waals surface area contributed by atoms with E-state index >= 15 is 0 Å². The van der Waals surface area contributed by atoms with Crippen molar-refractivity contribution in [1.82, 2.24) is 9.55 Å². The third kappa shape index (κ3) is 2.19. The standard InChI is InChI=1S/C7H11ClN4O/c1-12-5(8)3-11-6(12)2-4(9)7(10)13/h3-4H,2,9H2,1H3,(H2,10,13). The van der Waals surface area contributed by atoms with Crippen LogP contribution in [0.5, 0.6) is 0 Å². The van der Waals surface area contributed by atoms with Crippen molar-refractivity contribution in [1.29, 1.82) is 0 Å². The van der Waals surface area contributed by atoms with E-state index in [0.29, 0.717) is 17.4 Å². The Hall–Kier alpha value is -1.07. The summed E-state index contributed by atoms with van der Waals surface area (Å²) in [5, 5.41) is 0.506. The van der Waals surface area contributed by atoms with Crippen LogP contribution in [0.15, 0.2) is 6.20 Å². The van der Waals surface area contributed by atoms with Crippen LogP contribution in [-0.4, -0.2) is 21.5 Å². The second kappa shape index (κ2) is 3.76. The summed E-state index contributed by atoms with van der Waals surface area (Å²) in [5.74, 6) is 0.107. The highest BCUT2D eigenvalue weighted by molar-refractivity contribution is 6.29. The van der Waals surface area contributed by atoms with Gasteiger partial charge >= 0.3 is 0 Å². The Labute approximate surface area is 80.7 Å². The number of imidazole rings is 1. The van der Waals surface area contributed by atoms with Crippen LogP contribution in [0.1, 0.15) is 5.82 Å². The molecule has 5 nitrogen and oxygen atoms in total. The van der Waals surface area contributed by atoms with E-state index in [4.69, 9.17) is 23.1 Å². The third-order valence-electron chi connectivity index (χ3n) is 1.80. The van der Waals surface area contributed by atoms with Crippen molar-refractivity contribution < 1.29 is 4.79 Å². The third-order valence-corrected chi connectivity index (χ3v) is 2.15. The SMILES string of the molecule is Cn1c(Cl)cnc1CC(N)C(N)=O. The highest BCUT2D eigenvalue weighted by Gasteiger charge is 2.13. The molecule has 1 amide bonds. The fraction of sp³-hybridized carbons (Fsp3) is 0.429. The fourth-order valence-corrected chi connectivity index (χ4v) is 1.06. The molecule has 0 saturated heterocycles. The van der Waals surface area contributed by atoms with Gasteiger partial charge in [0.15, 0.2) is 0 Å². The van der Waals surface area contributed by atoms with Crippen LogP contribution < -0.4 is 11.5 Å². The first kappa shape index (κ1) is 10.0. The smallest absolute Gasteiger partial charge is 0.234 e. The number of aromatic nitrogens is 2. The van der Waals surface area contributed by atoms with Crippen molar-refractivity contribution in [2.75, 3.05) is 0 Å². The van der Waals surface area contributed by atoms with E-state index < -0.39 is 11.9 Å². The Balaban J connectivity index is 2.74. The molecule has 1 aromatic heterocycles. The molecule has 4 N–H and O–H groups in total. The molecule has 0 bridgehead atoms. The van der Waals surface area contributed by atoms with E-state index in [9.17, 15) is 4.79 Å². The lowest BCUT2D eigenvalue weighted by Crippen LogP contribution is -2.38. The number of amides is 1. The summed E-state index contributed by atoms with van der Waals surface area (Å²) in [6.45, 7) is 0. The quantitative estimate of drug-likeness (QED) is 0.688. The summed E-state index contributed by atoms with van der Waals surface area (Å²) in [7, 11) is 1.75. The Bertz CT molecular complexity index is 322. The van der Waals surface area contributed by atoms with Crippen LogP contribution in [0.2, 0.25) is 5.15 Å². The van der Waals surface area contributed by atoms with Crippen LogP contribution in [0.25, 0.3) is 0 Å². The first-order valence-electron chi connectivity index (χ1n) is 3.73. The van der Waals surface area contributed by atoms with Gasteiger partial charge in [-0.2, -0.15) is 0 Å². The van der Waals surface area contributed by atoms with E-state index in [1.54, 1.807) is 11.6 Å². The molecule has 0 aliphatic carbocycles. The molecule has 0 saturated carbocycles. The van der Waals surface area contributed by atoms with Gasteiger partial charge in [0.1, 0.15) is 11.0 Å². The number of halogens is 1. The summed E-state index contributed by atoms with van der Waals surface area (Å²) in [5.41, 5.74) is 10.5. The topological polar surface area (TPSA) is 86.9 Å². The lowest BCUT2D eigenvalue weighted by molar-refractivity contribution is -0.119. The summed E-state index contributed by atoms with van der Waals surface area (Å²) < 4.78 is 1.66. The van der Waals surface area contributed by atoms with E-state index in [1.165, 1.54) is 6.20 Å². The lowest BCUT2D eigenvalue weighted by Gasteiger charge is -2.06. The molecule has 13 heavy (non-hydrogen) atoms. The Morgan fingerprint density at radius 2 is 2.46 bits per heavy atom. The van der Waals surface area contributed by atoms with Gasteiger partial charge in [0.25, 0.3) is 0 Å². The number of rotatable bonds is 3. The molecule has 0 radical (unpaired) electrons. The van der Waals surface area contributed by atoms with Crippen molar-refractivity contribution in [3.05, 3.63) is 17.2 Å². The van der Waals surface area contributed by atoms with Crippen LogP contribution in [0, 0.1) is 0 Å². The minimum atomic E-state index is -0.711. The molecule has 72 valence electrons. The molecule has 0 aromatic carbocycles. The van der Waals surface area contributed by atoms with E-state index in [-0.39, 0.29) is 0 Å². The van der Waals surface area contributed by atoms with Crippen LogP contribution in [0.4, 0.5) is 0 Å². The van der Waals surface area contributed by atoms with Gasteiger partial charge in [0.2, 0.25) is 5.91 Å². The number of hydrogen-bond acceptors (Lipinski definition) is 3. The Morgan fingerprint density at radius 3 is 2.85 bits per heavy atom. The maximum Gasteiger partial charge on any atom is 0.234 e. The van der Waals surface area contributed by atoms with Gasteiger partial charge in [0.05, 0.1) is 12.2 Å². The first-order chi connectivity index (χ1) is 6.02. The molecule has 0 fully saturated rings. The Kier molecular flexibility index (Phi) is 2.90. The monoisotopic (exact) mass is 202 g/mol. The molecule has 0 aliphatic heterocycles. The van der Waals surface area contributed by atoms with E-state index in [0.717, 1.165) is 0 Å². The van der Waals surface area contributed by atoms with Crippen LogP contribution in [0.3, 0.4) is 0 Å². The minimum absolute atomic E-state index is 0.304. The predicted molar refractivity (Wildman–Crippen MR) is 49.1 cm³/mol. The summed E-state index contributed by atoms with van der Waals surface area (Å²) >= 11 is 5.74. The van der Waals surface area contributed by atoms with Crippen LogP contribution in [-0.2, 0) is 18.3 Å². The van der Waals surface area contributed by atoms with Gasteiger partial charge in [-0.25, -0.2) is 4.98 Å². The summed E-state index contributed by atoms with van der Waals surface area (Å²) in [4.78, 5) is 14.6. The summed E-state index contributed by atoms with van der Waals surface area (Å²) in [6, 6.07) is -0.711. The second-order valence-corrected chi connectivity index (χ2v) is 3.16. The number of hydrogen-bond donors (Lipinski definition) is 2. The molecule has 1 aromatic rings. The molecule has 1 rings (SSSR count). The molecule has 6 heteroatoms. The lowest BCUT2D eigenvalue weighted by atomic mass is 10.2. The van der Waals surface area contributed by atoms with Gasteiger partial charge in [-0.1, -0.05) is 11.6 Å². The molecule has 1 atom stereocenters. The van der Waals surface area contributed by atoms with Gasteiger partial charge in [-0.3, -0.25) is 4.79 Å². The molecule has 1 heterocycles. The van der Waals surface area contributed by atoms with Crippen molar-refractivity contribution in [2.45, 2.75) is 12.5 Å².